The van der Waals surface area contributed by atoms with Crippen molar-refractivity contribution in [3.63, 3.8) is 0 Å². The molecule has 1 N–H and O–H groups in total. The van der Waals surface area contributed by atoms with Crippen LogP contribution in [-0.4, -0.2) is 18.8 Å². The lowest BCUT2D eigenvalue weighted by molar-refractivity contribution is 0.171. The maximum absolute atomic E-state index is 5.46. The number of ether oxygens (including phenoxy) is 1. The van der Waals surface area contributed by atoms with Crippen LogP contribution < -0.4 is 5.32 Å². The summed E-state index contributed by atoms with van der Waals surface area (Å²) in [6.07, 6.45) is 3.88. The van der Waals surface area contributed by atoms with Gasteiger partial charge in [0.2, 0.25) is 0 Å². The monoisotopic (exact) mass is 231 g/mol. The van der Waals surface area contributed by atoms with Crippen LogP contribution in [0.4, 0.5) is 0 Å². The van der Waals surface area contributed by atoms with Gasteiger partial charge in [-0.15, -0.1) is 0 Å². The van der Waals surface area contributed by atoms with E-state index in [2.05, 4.69) is 36.5 Å². The molecule has 0 spiro atoms. The van der Waals surface area contributed by atoms with Gasteiger partial charge in [-0.25, -0.2) is 0 Å². The second-order valence-electron chi connectivity index (χ2n) is 5.74. The average Bonchev–Trinajstić information content (AvgIpc) is 3.11. The molecule has 2 fully saturated rings. The summed E-state index contributed by atoms with van der Waals surface area (Å²) in [4.78, 5) is 0. The van der Waals surface area contributed by atoms with Gasteiger partial charge in [0.1, 0.15) is 0 Å². The Balaban J connectivity index is 1.62. The minimum Gasteiger partial charge on any atom is -0.379 e. The summed E-state index contributed by atoms with van der Waals surface area (Å²) in [5, 5.41) is 3.64. The molecular weight excluding hydrogens is 210 g/mol. The van der Waals surface area contributed by atoms with Crippen molar-refractivity contribution >= 4 is 0 Å². The predicted octanol–water partition coefficient (Wildman–Crippen LogP) is 2.83. The van der Waals surface area contributed by atoms with E-state index < -0.39 is 0 Å². The van der Waals surface area contributed by atoms with Crippen LogP contribution >= 0.6 is 0 Å². The van der Waals surface area contributed by atoms with Gasteiger partial charge in [0.05, 0.1) is 6.61 Å². The van der Waals surface area contributed by atoms with Crippen molar-refractivity contribution in [3.8, 4) is 0 Å². The van der Waals surface area contributed by atoms with Crippen LogP contribution in [0.25, 0.3) is 0 Å². The van der Waals surface area contributed by atoms with Gasteiger partial charge in [0, 0.05) is 18.7 Å². The van der Waals surface area contributed by atoms with Crippen LogP contribution in [0.5, 0.6) is 0 Å². The zero-order chi connectivity index (χ0) is 11.7. The van der Waals surface area contributed by atoms with E-state index in [1.165, 1.54) is 24.0 Å². The molecule has 1 aliphatic carbocycles. The van der Waals surface area contributed by atoms with E-state index in [4.69, 9.17) is 4.74 Å². The van der Waals surface area contributed by atoms with Gasteiger partial charge in [0.25, 0.3) is 0 Å². The van der Waals surface area contributed by atoms with Crippen molar-refractivity contribution in [3.05, 3.63) is 35.4 Å². The van der Waals surface area contributed by atoms with Gasteiger partial charge in [-0.3, -0.25) is 0 Å². The number of hydrogen-bond acceptors (Lipinski definition) is 2. The zero-order valence-corrected chi connectivity index (χ0v) is 10.5. The molecule has 0 aromatic heterocycles. The molecule has 0 bridgehead atoms. The van der Waals surface area contributed by atoms with E-state index in [1.807, 2.05) is 0 Å². The fourth-order valence-corrected chi connectivity index (χ4v) is 2.50. The van der Waals surface area contributed by atoms with Crippen molar-refractivity contribution in [2.75, 3.05) is 13.2 Å². The Morgan fingerprint density at radius 1 is 1.41 bits per heavy atom. The molecule has 1 aromatic carbocycles. The molecule has 1 aliphatic heterocycles. The molecule has 17 heavy (non-hydrogen) atoms. The number of nitrogens with one attached hydrogen (secondary N) is 1. The lowest BCUT2D eigenvalue weighted by Gasteiger charge is -2.23. The summed E-state index contributed by atoms with van der Waals surface area (Å²) in [6.45, 7) is 4.95. The topological polar surface area (TPSA) is 21.3 Å². The molecule has 2 aliphatic rings. The standard InChI is InChI=1S/C15H21NO/c1-15(7-8-17-11-15)16-10-12-3-2-4-14(9-12)13-5-6-13/h2-4,9,13,16H,5-8,10-11H2,1H3. The molecule has 1 heterocycles. The molecule has 0 amide bonds. The van der Waals surface area contributed by atoms with Crippen LogP contribution in [0.1, 0.15) is 43.2 Å². The molecule has 2 nitrogen and oxygen atoms in total. The maximum Gasteiger partial charge on any atom is 0.0646 e. The molecule has 1 aromatic rings. The first kappa shape index (κ1) is 11.2. The van der Waals surface area contributed by atoms with Crippen LogP contribution in [0.15, 0.2) is 24.3 Å². The highest BCUT2D eigenvalue weighted by Gasteiger charge is 2.29. The fraction of sp³-hybridized carbons (Fsp3) is 0.600. The molecule has 1 saturated carbocycles. The third kappa shape index (κ3) is 2.70. The van der Waals surface area contributed by atoms with Gasteiger partial charge in [-0.1, -0.05) is 24.3 Å². The predicted molar refractivity (Wildman–Crippen MR) is 69.1 cm³/mol. The molecule has 2 heteroatoms. The van der Waals surface area contributed by atoms with Crippen molar-refractivity contribution in [2.24, 2.45) is 0 Å². The van der Waals surface area contributed by atoms with Gasteiger partial charge < -0.3 is 10.1 Å². The summed E-state index contributed by atoms with van der Waals surface area (Å²) in [5.41, 5.74) is 3.11. The molecular formula is C15H21NO. The average molecular weight is 231 g/mol. The van der Waals surface area contributed by atoms with Gasteiger partial charge >= 0.3 is 0 Å². The Hall–Kier alpha value is -0.860. The van der Waals surface area contributed by atoms with Crippen molar-refractivity contribution in [1.82, 2.24) is 5.32 Å². The van der Waals surface area contributed by atoms with Crippen LogP contribution in [-0.2, 0) is 11.3 Å². The Kier molecular flexibility index (Phi) is 2.93. The molecule has 1 saturated heterocycles. The lowest BCUT2D eigenvalue weighted by atomic mass is 10.0. The first-order valence-corrected chi connectivity index (χ1v) is 6.67. The minimum atomic E-state index is 0.176. The second kappa shape index (κ2) is 4.43. The van der Waals surface area contributed by atoms with E-state index in [9.17, 15) is 0 Å². The zero-order valence-electron chi connectivity index (χ0n) is 10.5. The van der Waals surface area contributed by atoms with Crippen molar-refractivity contribution in [2.45, 2.75) is 44.2 Å². The summed E-state index contributed by atoms with van der Waals surface area (Å²) >= 11 is 0. The highest BCUT2D eigenvalue weighted by atomic mass is 16.5. The highest BCUT2D eigenvalue weighted by Crippen LogP contribution is 2.40. The highest BCUT2D eigenvalue weighted by molar-refractivity contribution is 5.29. The summed E-state index contributed by atoms with van der Waals surface area (Å²) in [7, 11) is 0. The summed E-state index contributed by atoms with van der Waals surface area (Å²) in [6, 6.07) is 9.04. The number of rotatable bonds is 4. The van der Waals surface area contributed by atoms with Crippen molar-refractivity contribution in [1.29, 1.82) is 0 Å². The van der Waals surface area contributed by atoms with E-state index in [-0.39, 0.29) is 5.54 Å². The minimum absolute atomic E-state index is 0.176. The number of hydrogen-bond donors (Lipinski definition) is 1. The Morgan fingerprint density at radius 2 is 2.29 bits per heavy atom. The first-order chi connectivity index (χ1) is 8.25. The third-order valence-corrected chi connectivity index (χ3v) is 3.94. The Morgan fingerprint density at radius 3 is 3.00 bits per heavy atom. The van der Waals surface area contributed by atoms with Gasteiger partial charge in [-0.2, -0.15) is 0 Å². The molecule has 1 atom stereocenters. The normalized spacial score (nSPS) is 28.5. The summed E-state index contributed by atoms with van der Waals surface area (Å²) in [5.74, 6) is 0.848. The molecule has 1 unspecified atom stereocenters. The van der Waals surface area contributed by atoms with Crippen LogP contribution in [0.2, 0.25) is 0 Å². The van der Waals surface area contributed by atoms with E-state index >= 15 is 0 Å². The summed E-state index contributed by atoms with van der Waals surface area (Å²) < 4.78 is 5.46. The largest absolute Gasteiger partial charge is 0.379 e. The second-order valence-corrected chi connectivity index (χ2v) is 5.74. The molecule has 3 rings (SSSR count). The van der Waals surface area contributed by atoms with Gasteiger partial charge in [-0.05, 0) is 43.2 Å². The van der Waals surface area contributed by atoms with E-state index in [0.717, 1.165) is 32.1 Å². The maximum atomic E-state index is 5.46. The van der Waals surface area contributed by atoms with E-state index in [1.54, 1.807) is 0 Å². The van der Waals surface area contributed by atoms with E-state index in [0.29, 0.717) is 0 Å². The van der Waals surface area contributed by atoms with Crippen LogP contribution in [0.3, 0.4) is 0 Å². The lowest BCUT2D eigenvalue weighted by Crippen LogP contribution is -2.42. The smallest absolute Gasteiger partial charge is 0.0646 e. The quantitative estimate of drug-likeness (QED) is 0.860. The third-order valence-electron chi connectivity index (χ3n) is 3.94. The Labute approximate surface area is 103 Å². The SMILES string of the molecule is CC1(NCc2cccc(C3CC3)c2)CCOC1. The Bertz CT molecular complexity index is 392. The van der Waals surface area contributed by atoms with Crippen LogP contribution in [0, 0.1) is 0 Å². The van der Waals surface area contributed by atoms with Crippen molar-refractivity contribution < 1.29 is 4.74 Å². The fourth-order valence-electron chi connectivity index (χ4n) is 2.50. The number of benzene rings is 1. The molecule has 92 valence electrons. The van der Waals surface area contributed by atoms with Gasteiger partial charge in [0.15, 0.2) is 0 Å². The molecule has 0 radical (unpaired) electrons. The first-order valence-electron chi connectivity index (χ1n) is 6.67.